The number of amides is 2. The molecule has 7 aromatic rings. The number of methoxy groups -OCH3 is 1. The van der Waals surface area contributed by atoms with E-state index < -0.39 is 11.8 Å². The normalized spacial score (nSPS) is 9.89. The smallest absolute Gasteiger partial charge is 0.285 e. The Labute approximate surface area is 545 Å². The fourth-order valence-electron chi connectivity index (χ4n) is 6.72. The Hall–Kier alpha value is -10.7. The first-order valence-corrected chi connectivity index (χ1v) is 27.5. The standard InChI is InChI=1S/C17H13N3O3.C10H15N3O2.C9H14N4O.C9H11N3O.C9H10N2O.C7H4FN.C2H7NO.ClH.H4N2/c18-11-12-5-7-13(8-6-12)19-9-10-23-20-16(21)14-3-1-2-4-15(14)17(20)22;1-14-10(11)8-2-4-9(5-3-8)13-6-7-15-12;10-9(11)7-1-3-8(4-2-7)13-5-6-14-12;10-7-8-1-3-9(4-2-8)12-5-6-13-11;10-7-8-1-3-9(4-2-8)11-5-6-12;8-7-3-1-6(5-9)2-4-7;3-1-2-4;;1-2/h1-8,19H,9-10H2;2-5,11,13H,6-7,12H2,1H3;1-4,13H,5-6,12H2,(H3,10,11);1-4,12H,5-6,11H2;1-4,11-12H,5-6H2;1-4H;4H,1-3H2;1H;1-2H2. The number of nitrogen functional groups attached to an aromatic ring is 1. The number of nitrogens with one attached hydrogen (secondary N) is 7. The molecule has 23 N–H and O–H groups in total. The molecule has 0 saturated carbocycles. The summed E-state index contributed by atoms with van der Waals surface area (Å²) in [5, 5.41) is 81.1. The number of carbonyl (C=O) groups is 2. The summed E-state index contributed by atoms with van der Waals surface area (Å²) in [6.45, 7) is 5.01. The molecule has 0 unspecified atom stereocenters. The minimum absolute atomic E-state index is 0. The van der Waals surface area contributed by atoms with Crippen molar-refractivity contribution in [2.24, 2.45) is 40.8 Å². The van der Waals surface area contributed by atoms with E-state index in [-0.39, 0.29) is 49.8 Å². The van der Waals surface area contributed by atoms with Crippen LogP contribution < -0.4 is 67.4 Å². The van der Waals surface area contributed by atoms with Crippen molar-refractivity contribution in [1.82, 2.24) is 5.06 Å². The van der Waals surface area contributed by atoms with Gasteiger partial charge in [0.05, 0.1) is 104 Å². The molecule has 0 aliphatic carbocycles. The zero-order chi connectivity index (χ0) is 68.2. The third-order valence-electron chi connectivity index (χ3n) is 11.2. The van der Waals surface area contributed by atoms with E-state index >= 15 is 0 Å². The number of nitrogens with two attached hydrogens (primary N) is 7. The molecule has 1 heterocycles. The molecule has 0 spiro atoms. The first kappa shape index (κ1) is 82.3. The molecule has 93 heavy (non-hydrogen) atoms. The van der Waals surface area contributed by atoms with Gasteiger partial charge in [0.15, 0.2) is 0 Å². The van der Waals surface area contributed by atoms with Crippen molar-refractivity contribution in [2.45, 2.75) is 0 Å². The van der Waals surface area contributed by atoms with Gasteiger partial charge in [0.1, 0.15) is 11.7 Å². The van der Waals surface area contributed by atoms with Gasteiger partial charge in [-0.15, -0.1) is 17.5 Å². The van der Waals surface area contributed by atoms with Gasteiger partial charge < -0.3 is 67.5 Å². The summed E-state index contributed by atoms with van der Waals surface area (Å²) in [5.41, 5.74) is 19.2. The number of aliphatic hydroxyl groups excluding tert-OH is 2. The van der Waals surface area contributed by atoms with E-state index in [9.17, 15) is 14.0 Å². The van der Waals surface area contributed by atoms with E-state index in [0.717, 1.165) is 39.1 Å². The number of hydroxylamine groups is 2. The van der Waals surface area contributed by atoms with E-state index in [1.54, 1.807) is 84.9 Å². The third kappa shape index (κ3) is 34.8. The maximum absolute atomic E-state index is 12.1. The molecule has 2 amide bonds. The Kier molecular flexibility index (Phi) is 46.1. The quantitative estimate of drug-likeness (QED) is 0.00985. The van der Waals surface area contributed by atoms with E-state index in [4.69, 9.17) is 80.8 Å². The SMILES string of the molecule is COC(=N)c1ccc(NCCON)cc1.Cl.N#Cc1ccc(F)cc1.N#Cc1ccc(NCCO)cc1.N#Cc1ccc(NCCON)cc1.N#Cc1ccc(NCCON2C(=O)c3ccccc3C2=O)cc1.N=C(N)c1ccc(NCCON)cc1.NCCO.NN. The van der Waals surface area contributed by atoms with Gasteiger partial charge in [-0.3, -0.25) is 36.9 Å². The van der Waals surface area contributed by atoms with Gasteiger partial charge >= 0.3 is 0 Å². The number of amidine groups is 1. The highest BCUT2D eigenvalue weighted by atomic mass is 35.5. The highest BCUT2D eigenvalue weighted by Crippen LogP contribution is 2.23. The van der Waals surface area contributed by atoms with Crippen LogP contribution in [0, 0.1) is 62.0 Å². The summed E-state index contributed by atoms with van der Waals surface area (Å²) in [5.74, 6) is 21.7. The first-order valence-electron chi connectivity index (χ1n) is 27.5. The van der Waals surface area contributed by atoms with Gasteiger partial charge in [-0.05, 0) is 158 Å². The van der Waals surface area contributed by atoms with Crippen LogP contribution in [0.4, 0.5) is 32.8 Å². The molecule has 0 aromatic heterocycles. The maximum Gasteiger partial charge on any atom is 0.285 e. The molecular weight excluding hydrogens is 1220 g/mol. The van der Waals surface area contributed by atoms with Gasteiger partial charge in [0.25, 0.3) is 11.8 Å². The minimum Gasteiger partial charge on any atom is -0.481 e. The second-order valence-electron chi connectivity index (χ2n) is 17.6. The lowest BCUT2D eigenvalue weighted by Crippen LogP contribution is -2.31. The molecule has 0 saturated heterocycles. The lowest BCUT2D eigenvalue weighted by Gasteiger charge is -2.14. The number of hydrogen-bond acceptors (Lipinski definition) is 26. The summed E-state index contributed by atoms with van der Waals surface area (Å²) >= 11 is 0. The summed E-state index contributed by atoms with van der Waals surface area (Å²) in [4.78, 5) is 42.7. The lowest BCUT2D eigenvalue weighted by molar-refractivity contribution is -0.0874. The molecule has 28 nitrogen and oxygen atoms in total. The van der Waals surface area contributed by atoms with Crippen LogP contribution in [0.2, 0.25) is 0 Å². The zero-order valence-electron chi connectivity index (χ0n) is 51.0. The topological polar surface area (TPSA) is 509 Å². The summed E-state index contributed by atoms with van der Waals surface area (Å²) in [6.07, 6.45) is 0. The van der Waals surface area contributed by atoms with Gasteiger partial charge in [-0.1, -0.05) is 12.1 Å². The molecule has 30 heteroatoms. The van der Waals surface area contributed by atoms with Crippen molar-refractivity contribution in [1.29, 1.82) is 31.9 Å². The molecular formula is C63H79ClFN19O9. The number of imide groups is 1. The fraction of sp³-hybridized carbons (Fsp3) is 0.206. The van der Waals surface area contributed by atoms with Gasteiger partial charge in [-0.25, -0.2) is 22.1 Å². The van der Waals surface area contributed by atoms with E-state index in [1.165, 1.54) is 31.4 Å². The highest BCUT2D eigenvalue weighted by molar-refractivity contribution is 6.20. The summed E-state index contributed by atoms with van der Waals surface area (Å²) in [7, 11) is 1.48. The van der Waals surface area contributed by atoms with Crippen molar-refractivity contribution in [2.75, 3.05) is 113 Å². The van der Waals surface area contributed by atoms with Gasteiger partial charge in [0, 0.05) is 78.8 Å². The zero-order valence-corrected chi connectivity index (χ0v) is 51.8. The van der Waals surface area contributed by atoms with Crippen molar-refractivity contribution in [3.05, 3.63) is 220 Å². The second-order valence-corrected chi connectivity index (χ2v) is 17.6. The Morgan fingerprint density at radius 1 is 0.495 bits per heavy atom. The number of ether oxygens (including phenoxy) is 1. The van der Waals surface area contributed by atoms with Crippen LogP contribution in [0.25, 0.3) is 0 Å². The molecule has 0 bridgehead atoms. The Balaban J connectivity index is 0.00000109. The van der Waals surface area contributed by atoms with Crippen LogP contribution in [0.5, 0.6) is 0 Å². The number of hydrogen-bond donors (Lipinski definition) is 16. The molecule has 1 aliphatic rings. The minimum atomic E-state index is -0.441. The second kappa shape index (κ2) is 52.1. The highest BCUT2D eigenvalue weighted by Gasteiger charge is 2.36. The number of halogens is 2. The van der Waals surface area contributed by atoms with Crippen molar-refractivity contribution >= 4 is 64.4 Å². The molecule has 7 aromatic carbocycles. The predicted octanol–water partition coefficient (Wildman–Crippen LogP) is 5.13. The lowest BCUT2D eigenvalue weighted by atomic mass is 10.1. The molecule has 1 aliphatic heterocycles. The summed E-state index contributed by atoms with van der Waals surface area (Å²) in [6, 6.07) is 56.0. The van der Waals surface area contributed by atoms with E-state index in [1.807, 2.05) is 84.9 Å². The van der Waals surface area contributed by atoms with Crippen LogP contribution in [-0.2, 0) is 24.1 Å². The fourth-order valence-corrected chi connectivity index (χ4v) is 6.72. The van der Waals surface area contributed by atoms with E-state index in [2.05, 4.69) is 52.8 Å². The van der Waals surface area contributed by atoms with Gasteiger partial charge in [0.2, 0.25) is 5.90 Å². The van der Waals surface area contributed by atoms with Crippen LogP contribution in [0.15, 0.2) is 170 Å². The van der Waals surface area contributed by atoms with Crippen molar-refractivity contribution in [3.8, 4) is 24.3 Å². The van der Waals surface area contributed by atoms with Crippen molar-refractivity contribution in [3.63, 3.8) is 0 Å². The average Bonchev–Trinajstić information content (AvgIpc) is 1.66. The Bertz CT molecular complexity index is 3340. The maximum atomic E-state index is 12.1. The molecule has 0 atom stereocenters. The first-order chi connectivity index (χ1) is 44.7. The number of rotatable bonds is 23. The average molecular weight is 1300 g/mol. The van der Waals surface area contributed by atoms with Crippen LogP contribution in [0.3, 0.4) is 0 Å². The number of anilines is 5. The molecule has 494 valence electrons. The number of benzene rings is 7. The molecule has 0 fully saturated rings. The third-order valence-corrected chi connectivity index (χ3v) is 11.2. The van der Waals surface area contributed by atoms with Crippen LogP contribution >= 0.6 is 12.4 Å². The van der Waals surface area contributed by atoms with Crippen molar-refractivity contribution < 1.29 is 48.3 Å². The Morgan fingerprint density at radius 3 is 1.06 bits per heavy atom. The van der Waals surface area contributed by atoms with E-state index in [0.29, 0.717) is 98.0 Å². The number of nitriles is 4. The summed E-state index contributed by atoms with van der Waals surface area (Å²) < 4.78 is 16.9. The monoisotopic (exact) mass is 1300 g/mol. The van der Waals surface area contributed by atoms with Crippen LogP contribution in [-0.4, -0.2) is 125 Å². The number of nitrogens with zero attached hydrogens (tertiary/aromatic N) is 5. The Morgan fingerprint density at radius 2 is 0.785 bits per heavy atom. The number of hydrazine groups is 1. The number of aliphatic hydroxyl groups is 2. The van der Waals surface area contributed by atoms with Gasteiger partial charge in [-0.2, -0.15) is 21.0 Å². The number of fused-ring (bicyclic) bond motifs is 1. The predicted molar refractivity (Wildman–Crippen MR) is 357 cm³/mol. The van der Waals surface area contributed by atoms with Crippen LogP contribution in [0.1, 0.15) is 54.1 Å². The molecule has 8 rings (SSSR count). The molecule has 0 radical (unpaired) electrons. The number of carbonyl (C=O) groups excluding carboxylic acids is 2. The largest absolute Gasteiger partial charge is 0.481 e.